The third-order valence-electron chi connectivity index (χ3n) is 5.88. The number of H-pyrrole nitrogens is 1. The molecule has 28 heavy (non-hydrogen) atoms. The maximum absolute atomic E-state index is 12.3. The first-order valence-corrected chi connectivity index (χ1v) is 9.74. The number of allylic oxidation sites excluding steroid dienone is 2. The summed E-state index contributed by atoms with van der Waals surface area (Å²) in [5, 5.41) is 2.52. The van der Waals surface area contributed by atoms with Crippen LogP contribution in [-0.2, 0) is 19.8 Å². The third kappa shape index (κ3) is 4.24. The lowest BCUT2D eigenvalue weighted by atomic mass is 9.74. The molecule has 1 saturated heterocycles. The van der Waals surface area contributed by atoms with Gasteiger partial charge >= 0.3 is 0 Å². The molecule has 150 valence electrons. The highest BCUT2D eigenvalue weighted by Gasteiger charge is 2.35. The molecule has 1 aliphatic carbocycles. The first-order chi connectivity index (χ1) is 13.2. The second kappa shape index (κ2) is 7.73. The fourth-order valence-corrected chi connectivity index (χ4v) is 3.55. The van der Waals surface area contributed by atoms with Gasteiger partial charge in [0, 0.05) is 18.0 Å². The van der Waals surface area contributed by atoms with Crippen molar-refractivity contribution in [2.24, 2.45) is 11.8 Å². The molecule has 3 amide bonds. The lowest BCUT2D eigenvalue weighted by molar-refractivity contribution is -0.147. The molecule has 0 unspecified atom stereocenters. The summed E-state index contributed by atoms with van der Waals surface area (Å²) >= 11 is 0. The number of carbonyl (C=O) groups excluding carboxylic acids is 3. The van der Waals surface area contributed by atoms with Crippen LogP contribution in [0.4, 0.5) is 0 Å². The van der Waals surface area contributed by atoms with Crippen LogP contribution in [0.25, 0.3) is 6.08 Å². The van der Waals surface area contributed by atoms with E-state index >= 15 is 0 Å². The molecular formula is C21H28N4O3. The molecule has 2 heterocycles. The summed E-state index contributed by atoms with van der Waals surface area (Å²) in [6, 6.07) is 0. The molecule has 1 aliphatic heterocycles. The Balaban J connectivity index is 1.77. The summed E-state index contributed by atoms with van der Waals surface area (Å²) in [6.45, 7) is 7.75. The average molecular weight is 384 g/mol. The van der Waals surface area contributed by atoms with Crippen LogP contribution in [0.3, 0.4) is 0 Å². The minimum atomic E-state index is -0.502. The summed E-state index contributed by atoms with van der Waals surface area (Å²) in [4.78, 5) is 44.2. The van der Waals surface area contributed by atoms with Gasteiger partial charge in [-0.2, -0.15) is 0 Å². The third-order valence-corrected chi connectivity index (χ3v) is 5.88. The van der Waals surface area contributed by atoms with Crippen molar-refractivity contribution in [2.45, 2.75) is 52.4 Å². The molecule has 1 aromatic heterocycles. The van der Waals surface area contributed by atoms with Crippen molar-refractivity contribution in [3.8, 4) is 0 Å². The standard InChI is InChI=1S/C21H28N4O3/c1-13(10-15-8-9-15)21(3,4)19-16(22-12-23-19)6-5-7-17-20(28)25(14(2)26)11-18(27)24-17/h5-7,12-13,15H,8-11H2,1-4H3,(H,22,23)(H,24,27)/b6-5+,17-7-/t13-/m0/s1. The van der Waals surface area contributed by atoms with Gasteiger partial charge in [0.25, 0.3) is 5.91 Å². The van der Waals surface area contributed by atoms with E-state index in [1.807, 2.05) is 6.08 Å². The van der Waals surface area contributed by atoms with Crippen molar-refractivity contribution >= 4 is 23.8 Å². The Morgan fingerprint density at radius 3 is 2.75 bits per heavy atom. The number of piperazine rings is 1. The van der Waals surface area contributed by atoms with Crippen LogP contribution in [0.15, 0.2) is 24.2 Å². The number of carbonyl (C=O) groups is 3. The molecule has 2 fully saturated rings. The fourth-order valence-electron chi connectivity index (χ4n) is 3.55. The Kier molecular flexibility index (Phi) is 5.54. The van der Waals surface area contributed by atoms with Gasteiger partial charge in [0.2, 0.25) is 11.8 Å². The van der Waals surface area contributed by atoms with Crippen molar-refractivity contribution in [2.75, 3.05) is 6.54 Å². The quantitative estimate of drug-likeness (QED) is 0.737. The molecule has 7 heteroatoms. The van der Waals surface area contributed by atoms with Gasteiger partial charge in [-0.25, -0.2) is 4.98 Å². The van der Waals surface area contributed by atoms with Crippen molar-refractivity contribution in [3.05, 3.63) is 35.6 Å². The number of rotatable bonds is 6. The molecular weight excluding hydrogens is 356 g/mol. The average Bonchev–Trinajstić information content (AvgIpc) is 3.31. The summed E-state index contributed by atoms with van der Waals surface area (Å²) in [5.74, 6) is 0.0263. The highest BCUT2D eigenvalue weighted by atomic mass is 16.2. The number of hydrogen-bond acceptors (Lipinski definition) is 4. The summed E-state index contributed by atoms with van der Waals surface area (Å²) in [7, 11) is 0. The van der Waals surface area contributed by atoms with Crippen LogP contribution < -0.4 is 5.32 Å². The van der Waals surface area contributed by atoms with Crippen LogP contribution in [0.5, 0.6) is 0 Å². The number of imide groups is 1. The number of nitrogens with zero attached hydrogens (tertiary/aromatic N) is 2. The minimum Gasteiger partial charge on any atom is -0.348 e. The summed E-state index contributed by atoms with van der Waals surface area (Å²) in [6.07, 6.45) is 10.6. The zero-order valence-corrected chi connectivity index (χ0v) is 16.9. The number of aromatic amines is 1. The van der Waals surface area contributed by atoms with Crippen LogP contribution in [0.1, 0.15) is 58.3 Å². The molecule has 1 atom stereocenters. The number of amides is 3. The Morgan fingerprint density at radius 1 is 1.39 bits per heavy atom. The molecule has 0 radical (unpaired) electrons. The van der Waals surface area contributed by atoms with E-state index in [2.05, 4.69) is 36.1 Å². The lowest BCUT2D eigenvalue weighted by Gasteiger charge is -2.31. The highest BCUT2D eigenvalue weighted by Crippen LogP contribution is 2.42. The normalized spacial score (nSPS) is 20.7. The molecule has 1 saturated carbocycles. The zero-order valence-electron chi connectivity index (χ0n) is 16.9. The monoisotopic (exact) mass is 384 g/mol. The molecule has 0 spiro atoms. The fraction of sp³-hybridized carbons (Fsp3) is 0.524. The largest absolute Gasteiger partial charge is 0.348 e. The predicted molar refractivity (Wildman–Crippen MR) is 106 cm³/mol. The number of imidazole rings is 1. The van der Waals surface area contributed by atoms with E-state index in [9.17, 15) is 14.4 Å². The van der Waals surface area contributed by atoms with Crippen molar-refractivity contribution in [1.82, 2.24) is 20.2 Å². The second-order valence-corrected chi connectivity index (χ2v) is 8.36. The molecule has 7 nitrogen and oxygen atoms in total. The number of nitrogens with one attached hydrogen (secondary N) is 2. The van der Waals surface area contributed by atoms with E-state index in [0.717, 1.165) is 22.2 Å². The Bertz CT molecular complexity index is 846. The SMILES string of the molecule is CC(=O)N1CC(=O)N/C(=C\C=C\c2nc[nH]c2C(C)(C)[C@@H](C)CC2CC2)C1=O. The van der Waals surface area contributed by atoms with Gasteiger partial charge in [-0.15, -0.1) is 0 Å². The molecule has 0 aromatic carbocycles. The second-order valence-electron chi connectivity index (χ2n) is 8.36. The molecule has 2 aliphatic rings. The van der Waals surface area contributed by atoms with Crippen molar-refractivity contribution in [3.63, 3.8) is 0 Å². The molecule has 0 bridgehead atoms. The summed E-state index contributed by atoms with van der Waals surface area (Å²) in [5.41, 5.74) is 1.88. The first kappa shape index (κ1) is 20.0. The van der Waals surface area contributed by atoms with E-state index < -0.39 is 11.8 Å². The van der Waals surface area contributed by atoms with Gasteiger partial charge in [0.15, 0.2) is 0 Å². The van der Waals surface area contributed by atoms with E-state index in [1.165, 1.54) is 32.3 Å². The predicted octanol–water partition coefficient (Wildman–Crippen LogP) is 2.53. The van der Waals surface area contributed by atoms with Crippen LogP contribution in [-0.4, -0.2) is 39.1 Å². The van der Waals surface area contributed by atoms with E-state index in [-0.39, 0.29) is 23.6 Å². The molecule has 2 N–H and O–H groups in total. The summed E-state index contributed by atoms with van der Waals surface area (Å²) < 4.78 is 0. The van der Waals surface area contributed by atoms with E-state index in [1.54, 1.807) is 12.4 Å². The highest BCUT2D eigenvalue weighted by molar-refractivity contribution is 6.10. The maximum Gasteiger partial charge on any atom is 0.277 e. The first-order valence-electron chi connectivity index (χ1n) is 9.74. The number of aromatic nitrogens is 2. The molecule has 1 aromatic rings. The lowest BCUT2D eigenvalue weighted by Crippen LogP contribution is -2.51. The van der Waals surface area contributed by atoms with Gasteiger partial charge in [0.1, 0.15) is 12.2 Å². The smallest absolute Gasteiger partial charge is 0.277 e. The Morgan fingerprint density at radius 2 is 2.11 bits per heavy atom. The van der Waals surface area contributed by atoms with Crippen LogP contribution in [0.2, 0.25) is 0 Å². The van der Waals surface area contributed by atoms with E-state index in [0.29, 0.717) is 5.92 Å². The van der Waals surface area contributed by atoms with Crippen LogP contribution >= 0.6 is 0 Å². The topological polar surface area (TPSA) is 95.2 Å². The molecule has 3 rings (SSSR count). The van der Waals surface area contributed by atoms with Crippen molar-refractivity contribution in [1.29, 1.82) is 0 Å². The van der Waals surface area contributed by atoms with Gasteiger partial charge in [-0.3, -0.25) is 19.3 Å². The minimum absolute atomic E-state index is 0.0633. The van der Waals surface area contributed by atoms with Gasteiger partial charge in [0.05, 0.1) is 12.0 Å². The van der Waals surface area contributed by atoms with Crippen molar-refractivity contribution < 1.29 is 14.4 Å². The maximum atomic E-state index is 12.3. The number of hydrogen-bond donors (Lipinski definition) is 2. The van der Waals surface area contributed by atoms with Gasteiger partial charge in [-0.05, 0) is 30.4 Å². The van der Waals surface area contributed by atoms with Gasteiger partial charge < -0.3 is 10.3 Å². The Hall–Kier alpha value is -2.70. The van der Waals surface area contributed by atoms with E-state index in [4.69, 9.17) is 0 Å². The zero-order chi connectivity index (χ0) is 20.5. The van der Waals surface area contributed by atoms with Gasteiger partial charge in [-0.1, -0.05) is 39.7 Å². The Labute approximate surface area is 165 Å². The van der Waals surface area contributed by atoms with Crippen LogP contribution in [0, 0.1) is 11.8 Å².